The van der Waals surface area contributed by atoms with Gasteiger partial charge in [0.25, 0.3) is 5.56 Å². The molecule has 146 valence electrons. The van der Waals surface area contributed by atoms with Gasteiger partial charge < -0.3 is 9.88 Å². The third-order valence-electron chi connectivity index (χ3n) is 4.74. The molecule has 0 aliphatic heterocycles. The second-order valence-electron chi connectivity index (χ2n) is 6.74. The van der Waals surface area contributed by atoms with E-state index in [0.717, 1.165) is 11.1 Å². The van der Waals surface area contributed by atoms with E-state index in [-0.39, 0.29) is 12.1 Å². The maximum Gasteiger partial charge on any atom is 0.471 e. The molecule has 1 amide bonds. The number of H-pyrrole nitrogens is 1. The van der Waals surface area contributed by atoms with Crippen LogP contribution in [0, 0.1) is 13.8 Å². The topological polar surface area (TPSA) is 53.2 Å². The highest BCUT2D eigenvalue weighted by atomic mass is 19.4. The molecular weight excluding hydrogens is 369 g/mol. The van der Waals surface area contributed by atoms with Crippen LogP contribution in [0.2, 0.25) is 0 Å². The van der Waals surface area contributed by atoms with Gasteiger partial charge in [0.2, 0.25) is 0 Å². The number of carbonyl (C=O) groups excluding carboxylic acids is 1. The van der Waals surface area contributed by atoms with E-state index in [4.69, 9.17) is 0 Å². The molecule has 0 unspecified atom stereocenters. The van der Waals surface area contributed by atoms with E-state index < -0.39 is 24.2 Å². The van der Waals surface area contributed by atoms with Gasteiger partial charge in [-0.2, -0.15) is 13.2 Å². The summed E-state index contributed by atoms with van der Waals surface area (Å²) in [5, 5.41) is 0.705. The molecule has 1 heterocycles. The standard InChI is InChI=1S/C21H19F3N2O2/c1-13-8-9-16-10-17(19(27)25-18(16)14(13)2)12-26(20(28)21(22,23)24)11-15-6-4-3-5-7-15/h3-10H,11-12H2,1-2H3,(H,25,27). The molecule has 1 aromatic heterocycles. The third kappa shape index (κ3) is 4.08. The average Bonchev–Trinajstić information content (AvgIpc) is 2.65. The second-order valence-corrected chi connectivity index (χ2v) is 6.74. The summed E-state index contributed by atoms with van der Waals surface area (Å²) < 4.78 is 39.2. The van der Waals surface area contributed by atoms with Crippen molar-refractivity contribution < 1.29 is 18.0 Å². The summed E-state index contributed by atoms with van der Waals surface area (Å²) in [6.45, 7) is 3.09. The lowest BCUT2D eigenvalue weighted by Gasteiger charge is -2.24. The molecule has 0 atom stereocenters. The predicted molar refractivity (Wildman–Crippen MR) is 101 cm³/mol. The number of nitrogens with one attached hydrogen (secondary N) is 1. The molecule has 3 rings (SSSR count). The number of carbonyl (C=O) groups is 1. The fourth-order valence-electron chi connectivity index (χ4n) is 3.08. The molecule has 7 heteroatoms. The maximum absolute atomic E-state index is 13.1. The molecule has 0 radical (unpaired) electrons. The quantitative estimate of drug-likeness (QED) is 0.727. The van der Waals surface area contributed by atoms with Gasteiger partial charge in [0.05, 0.1) is 12.1 Å². The first-order valence-electron chi connectivity index (χ1n) is 8.69. The Morgan fingerprint density at radius 3 is 2.36 bits per heavy atom. The summed E-state index contributed by atoms with van der Waals surface area (Å²) in [4.78, 5) is 27.8. The maximum atomic E-state index is 13.1. The summed E-state index contributed by atoms with van der Waals surface area (Å²) >= 11 is 0. The van der Waals surface area contributed by atoms with Crippen molar-refractivity contribution in [1.82, 2.24) is 9.88 Å². The number of aryl methyl sites for hydroxylation is 2. The summed E-state index contributed by atoms with van der Waals surface area (Å²) in [6.07, 6.45) is -5.02. The Morgan fingerprint density at radius 1 is 1.04 bits per heavy atom. The highest BCUT2D eigenvalue weighted by Gasteiger charge is 2.42. The van der Waals surface area contributed by atoms with Crippen LogP contribution in [0.25, 0.3) is 10.9 Å². The van der Waals surface area contributed by atoms with Crippen LogP contribution in [0.15, 0.2) is 53.3 Å². The summed E-state index contributed by atoms with van der Waals surface area (Å²) in [6, 6.07) is 13.6. The normalized spacial score (nSPS) is 11.6. The summed E-state index contributed by atoms with van der Waals surface area (Å²) in [7, 11) is 0. The Morgan fingerprint density at radius 2 is 1.71 bits per heavy atom. The summed E-state index contributed by atoms with van der Waals surface area (Å²) in [5.74, 6) is -1.98. The van der Waals surface area contributed by atoms with E-state index in [1.54, 1.807) is 42.5 Å². The van der Waals surface area contributed by atoms with E-state index in [9.17, 15) is 22.8 Å². The van der Waals surface area contributed by atoms with Crippen LogP contribution >= 0.6 is 0 Å². The average molecular weight is 388 g/mol. The predicted octanol–water partition coefficient (Wildman–Crippen LogP) is 4.24. The largest absolute Gasteiger partial charge is 0.471 e. The zero-order chi connectivity index (χ0) is 20.5. The number of benzene rings is 2. The molecule has 0 aliphatic carbocycles. The lowest BCUT2D eigenvalue weighted by atomic mass is 10.0. The zero-order valence-corrected chi connectivity index (χ0v) is 15.4. The van der Waals surface area contributed by atoms with E-state index >= 15 is 0 Å². The Labute approximate surface area is 159 Å². The van der Waals surface area contributed by atoms with Crippen molar-refractivity contribution in [2.24, 2.45) is 0 Å². The van der Waals surface area contributed by atoms with E-state index in [0.29, 0.717) is 21.4 Å². The molecule has 28 heavy (non-hydrogen) atoms. The Bertz CT molecular complexity index is 1070. The first kappa shape index (κ1) is 19.7. The van der Waals surface area contributed by atoms with Crippen molar-refractivity contribution in [1.29, 1.82) is 0 Å². The van der Waals surface area contributed by atoms with Gasteiger partial charge in [-0.3, -0.25) is 9.59 Å². The fraction of sp³-hybridized carbons (Fsp3) is 0.238. The molecule has 0 fully saturated rings. The van der Waals surface area contributed by atoms with Crippen LogP contribution in [-0.4, -0.2) is 22.0 Å². The van der Waals surface area contributed by atoms with Crippen LogP contribution in [0.4, 0.5) is 13.2 Å². The highest BCUT2D eigenvalue weighted by Crippen LogP contribution is 2.23. The van der Waals surface area contributed by atoms with Gasteiger partial charge in [-0.05, 0) is 42.0 Å². The van der Waals surface area contributed by atoms with Gasteiger partial charge in [-0.15, -0.1) is 0 Å². The van der Waals surface area contributed by atoms with Gasteiger partial charge in [-0.25, -0.2) is 0 Å². The van der Waals surface area contributed by atoms with Gasteiger partial charge in [0.15, 0.2) is 0 Å². The molecular formula is C21H19F3N2O2. The van der Waals surface area contributed by atoms with Crippen molar-refractivity contribution >= 4 is 16.8 Å². The number of fused-ring (bicyclic) bond motifs is 1. The number of amides is 1. The Kier molecular flexibility index (Phi) is 5.27. The number of aromatic nitrogens is 1. The minimum atomic E-state index is -5.02. The Balaban J connectivity index is 2.00. The molecule has 3 aromatic rings. The van der Waals surface area contributed by atoms with Gasteiger partial charge in [0.1, 0.15) is 0 Å². The number of halogens is 3. The third-order valence-corrected chi connectivity index (χ3v) is 4.74. The van der Waals surface area contributed by atoms with Gasteiger partial charge in [0, 0.05) is 12.1 Å². The second kappa shape index (κ2) is 7.50. The molecule has 1 N–H and O–H groups in total. The molecule has 2 aromatic carbocycles. The van der Waals surface area contributed by atoms with E-state index in [1.165, 1.54) is 0 Å². The molecule has 0 saturated carbocycles. The number of alkyl halides is 3. The van der Waals surface area contributed by atoms with Crippen LogP contribution in [0.3, 0.4) is 0 Å². The smallest absolute Gasteiger partial charge is 0.326 e. The van der Waals surface area contributed by atoms with Crippen LogP contribution in [0.5, 0.6) is 0 Å². The number of pyridine rings is 1. The molecule has 0 saturated heterocycles. The number of aromatic amines is 1. The lowest BCUT2D eigenvalue weighted by Crippen LogP contribution is -2.41. The first-order chi connectivity index (χ1) is 13.2. The number of nitrogens with zero attached hydrogens (tertiary/aromatic N) is 1. The minimum Gasteiger partial charge on any atom is -0.326 e. The molecule has 4 nitrogen and oxygen atoms in total. The number of hydrogen-bond acceptors (Lipinski definition) is 2. The monoisotopic (exact) mass is 388 g/mol. The van der Waals surface area contributed by atoms with Crippen LogP contribution in [0.1, 0.15) is 22.3 Å². The van der Waals surface area contributed by atoms with Crippen molar-refractivity contribution in [2.45, 2.75) is 33.1 Å². The highest BCUT2D eigenvalue weighted by molar-refractivity contribution is 5.84. The number of hydrogen-bond donors (Lipinski definition) is 1. The fourth-order valence-corrected chi connectivity index (χ4v) is 3.08. The van der Waals surface area contributed by atoms with Gasteiger partial charge in [-0.1, -0.05) is 42.5 Å². The Hall–Kier alpha value is -3.09. The van der Waals surface area contributed by atoms with E-state index in [1.807, 2.05) is 19.9 Å². The van der Waals surface area contributed by atoms with Crippen molar-refractivity contribution in [2.75, 3.05) is 0 Å². The van der Waals surface area contributed by atoms with E-state index in [2.05, 4.69) is 4.98 Å². The SMILES string of the molecule is Cc1ccc2cc(CN(Cc3ccccc3)C(=O)C(F)(F)F)c(=O)[nH]c2c1C. The van der Waals surface area contributed by atoms with Gasteiger partial charge >= 0.3 is 12.1 Å². The molecule has 0 aliphatic rings. The molecule has 0 bridgehead atoms. The van der Waals surface area contributed by atoms with Crippen molar-refractivity contribution in [3.63, 3.8) is 0 Å². The summed E-state index contributed by atoms with van der Waals surface area (Å²) in [5.41, 5.74) is 2.68. The molecule has 0 spiro atoms. The van der Waals surface area contributed by atoms with Crippen molar-refractivity contribution in [3.05, 3.63) is 81.1 Å². The number of rotatable bonds is 4. The van der Waals surface area contributed by atoms with Crippen LogP contribution in [-0.2, 0) is 17.9 Å². The van der Waals surface area contributed by atoms with Crippen LogP contribution < -0.4 is 5.56 Å². The van der Waals surface area contributed by atoms with Crippen molar-refractivity contribution in [3.8, 4) is 0 Å². The lowest BCUT2D eigenvalue weighted by molar-refractivity contribution is -0.186. The zero-order valence-electron chi connectivity index (χ0n) is 15.4. The first-order valence-corrected chi connectivity index (χ1v) is 8.69. The minimum absolute atomic E-state index is 0.101.